The van der Waals surface area contributed by atoms with Gasteiger partial charge in [0.05, 0.1) is 0 Å². The van der Waals surface area contributed by atoms with Crippen LogP contribution in [0.4, 0.5) is 5.69 Å². The summed E-state index contributed by atoms with van der Waals surface area (Å²) in [6.07, 6.45) is 4.10. The highest BCUT2D eigenvalue weighted by molar-refractivity contribution is 5.92. The second-order valence-electron chi connectivity index (χ2n) is 6.99. The van der Waals surface area contributed by atoms with E-state index in [1.807, 2.05) is 23.2 Å². The number of piperazine rings is 1. The molecule has 25 heavy (non-hydrogen) atoms. The van der Waals surface area contributed by atoms with E-state index in [1.54, 1.807) is 0 Å². The summed E-state index contributed by atoms with van der Waals surface area (Å²) >= 11 is 0. The number of nitrogens with one attached hydrogen (secondary N) is 1. The highest BCUT2D eigenvalue weighted by Crippen LogP contribution is 2.21. The fourth-order valence-electron chi connectivity index (χ4n) is 4.06. The minimum absolute atomic E-state index is 0.137. The number of hydrogen-bond donors (Lipinski definition) is 1. The SMILES string of the molecule is O=C(c1ccc[nH]1)N1CCC[C@H](N2CCN(c3ccccc3)CC2)C1. The Morgan fingerprint density at radius 1 is 0.960 bits per heavy atom. The number of aromatic nitrogens is 1. The quantitative estimate of drug-likeness (QED) is 0.935. The molecule has 1 amide bonds. The Hall–Kier alpha value is -2.27. The molecule has 2 fully saturated rings. The standard InChI is InChI=1S/C20H26N4O/c25-20(19-9-4-10-21-19)24-11-5-8-18(16-24)23-14-12-22(13-15-23)17-6-2-1-3-7-17/h1-4,6-7,9-10,18,21H,5,8,11-16H2/t18-/m0/s1. The van der Waals surface area contributed by atoms with E-state index >= 15 is 0 Å². The summed E-state index contributed by atoms with van der Waals surface area (Å²) in [7, 11) is 0. The van der Waals surface area contributed by atoms with Gasteiger partial charge < -0.3 is 14.8 Å². The molecule has 0 saturated carbocycles. The molecule has 3 heterocycles. The molecule has 0 radical (unpaired) electrons. The van der Waals surface area contributed by atoms with Gasteiger partial charge in [0.1, 0.15) is 5.69 Å². The number of carbonyl (C=O) groups is 1. The Morgan fingerprint density at radius 2 is 1.76 bits per heavy atom. The van der Waals surface area contributed by atoms with Crippen LogP contribution in [0.15, 0.2) is 48.7 Å². The summed E-state index contributed by atoms with van der Waals surface area (Å²) < 4.78 is 0. The van der Waals surface area contributed by atoms with Crippen LogP contribution < -0.4 is 4.90 Å². The van der Waals surface area contributed by atoms with Crippen LogP contribution in [-0.4, -0.2) is 66.0 Å². The number of piperidine rings is 1. The summed E-state index contributed by atoms with van der Waals surface area (Å²) in [6, 6.07) is 14.9. The third-order valence-corrected chi connectivity index (χ3v) is 5.46. The van der Waals surface area contributed by atoms with Crippen LogP contribution in [0.5, 0.6) is 0 Å². The minimum Gasteiger partial charge on any atom is -0.369 e. The van der Waals surface area contributed by atoms with Crippen molar-refractivity contribution < 1.29 is 4.79 Å². The summed E-state index contributed by atoms with van der Waals surface area (Å²) in [5.74, 6) is 0.137. The van der Waals surface area contributed by atoms with Crippen LogP contribution in [0.25, 0.3) is 0 Å². The lowest BCUT2D eigenvalue weighted by Crippen LogP contribution is -2.55. The van der Waals surface area contributed by atoms with Crippen molar-refractivity contribution in [1.29, 1.82) is 0 Å². The first-order valence-electron chi connectivity index (χ1n) is 9.28. The molecule has 0 spiro atoms. The van der Waals surface area contributed by atoms with Gasteiger partial charge in [-0.05, 0) is 37.1 Å². The summed E-state index contributed by atoms with van der Waals surface area (Å²) in [6.45, 7) is 5.99. The van der Waals surface area contributed by atoms with E-state index < -0.39 is 0 Å². The van der Waals surface area contributed by atoms with Gasteiger partial charge in [0.2, 0.25) is 0 Å². The molecule has 2 aromatic rings. The molecule has 2 aliphatic rings. The van der Waals surface area contributed by atoms with E-state index in [2.05, 4.69) is 45.1 Å². The third kappa shape index (κ3) is 3.56. The van der Waals surface area contributed by atoms with Crippen molar-refractivity contribution in [1.82, 2.24) is 14.8 Å². The van der Waals surface area contributed by atoms with E-state index in [-0.39, 0.29) is 5.91 Å². The van der Waals surface area contributed by atoms with Crippen molar-refractivity contribution in [3.8, 4) is 0 Å². The van der Waals surface area contributed by atoms with Crippen LogP contribution in [0.2, 0.25) is 0 Å². The van der Waals surface area contributed by atoms with Crippen molar-refractivity contribution in [2.45, 2.75) is 18.9 Å². The number of hydrogen-bond acceptors (Lipinski definition) is 3. The maximum Gasteiger partial charge on any atom is 0.270 e. The molecule has 5 nitrogen and oxygen atoms in total. The second kappa shape index (κ2) is 7.31. The molecule has 1 aromatic heterocycles. The molecule has 4 rings (SSSR count). The van der Waals surface area contributed by atoms with Gasteiger partial charge in [-0.1, -0.05) is 18.2 Å². The van der Waals surface area contributed by atoms with Crippen LogP contribution in [-0.2, 0) is 0 Å². The van der Waals surface area contributed by atoms with Gasteiger partial charge in [-0.25, -0.2) is 0 Å². The van der Waals surface area contributed by atoms with Crippen molar-refractivity contribution in [3.63, 3.8) is 0 Å². The first-order valence-corrected chi connectivity index (χ1v) is 9.28. The Labute approximate surface area is 149 Å². The predicted octanol–water partition coefficient (Wildman–Crippen LogP) is 2.44. The number of rotatable bonds is 3. The van der Waals surface area contributed by atoms with Gasteiger partial charge >= 0.3 is 0 Å². The Bertz CT molecular complexity index is 677. The molecule has 0 bridgehead atoms. The fraction of sp³-hybridized carbons (Fsp3) is 0.450. The molecule has 0 aliphatic carbocycles. The van der Waals surface area contributed by atoms with Crippen molar-refractivity contribution >= 4 is 11.6 Å². The Morgan fingerprint density at radius 3 is 2.48 bits per heavy atom. The largest absolute Gasteiger partial charge is 0.369 e. The molecular formula is C20H26N4O. The highest BCUT2D eigenvalue weighted by Gasteiger charge is 2.30. The predicted molar refractivity (Wildman–Crippen MR) is 99.9 cm³/mol. The number of para-hydroxylation sites is 1. The van der Waals surface area contributed by atoms with E-state index in [4.69, 9.17) is 0 Å². The number of benzene rings is 1. The summed E-state index contributed by atoms with van der Waals surface area (Å²) in [5.41, 5.74) is 2.02. The molecule has 1 N–H and O–H groups in total. The number of carbonyl (C=O) groups excluding carboxylic acids is 1. The monoisotopic (exact) mass is 338 g/mol. The summed E-state index contributed by atoms with van der Waals surface area (Å²) in [5, 5.41) is 0. The lowest BCUT2D eigenvalue weighted by molar-refractivity contribution is 0.0559. The molecule has 132 valence electrons. The Balaban J connectivity index is 1.34. The van der Waals surface area contributed by atoms with Gasteiger partial charge in [-0.15, -0.1) is 0 Å². The van der Waals surface area contributed by atoms with Crippen molar-refractivity contribution in [2.24, 2.45) is 0 Å². The van der Waals surface area contributed by atoms with E-state index in [9.17, 15) is 4.79 Å². The zero-order chi connectivity index (χ0) is 17.1. The van der Waals surface area contributed by atoms with Gasteiger partial charge in [-0.2, -0.15) is 0 Å². The van der Waals surface area contributed by atoms with Crippen LogP contribution in [0.1, 0.15) is 23.3 Å². The number of nitrogens with zero attached hydrogens (tertiary/aromatic N) is 3. The highest BCUT2D eigenvalue weighted by atomic mass is 16.2. The first-order chi connectivity index (χ1) is 12.3. The van der Waals surface area contributed by atoms with Crippen LogP contribution >= 0.6 is 0 Å². The molecule has 2 saturated heterocycles. The zero-order valence-corrected chi connectivity index (χ0v) is 14.6. The number of likely N-dealkylation sites (tertiary alicyclic amines) is 1. The molecule has 5 heteroatoms. The molecule has 0 unspecified atom stereocenters. The van der Waals surface area contributed by atoms with E-state index in [0.717, 1.165) is 45.7 Å². The number of H-pyrrole nitrogens is 1. The van der Waals surface area contributed by atoms with Gasteiger partial charge in [0.15, 0.2) is 0 Å². The van der Waals surface area contributed by atoms with Gasteiger partial charge in [0.25, 0.3) is 5.91 Å². The fourth-order valence-corrected chi connectivity index (χ4v) is 4.06. The minimum atomic E-state index is 0.137. The van der Waals surface area contributed by atoms with Crippen molar-refractivity contribution in [3.05, 3.63) is 54.4 Å². The molecule has 1 aromatic carbocycles. The van der Waals surface area contributed by atoms with E-state index in [1.165, 1.54) is 12.1 Å². The van der Waals surface area contributed by atoms with Crippen LogP contribution in [0, 0.1) is 0 Å². The zero-order valence-electron chi connectivity index (χ0n) is 14.6. The number of anilines is 1. The normalized spacial score (nSPS) is 22.2. The lowest BCUT2D eigenvalue weighted by Gasteiger charge is -2.43. The van der Waals surface area contributed by atoms with Gasteiger partial charge in [0, 0.05) is 57.2 Å². The molecule has 2 aliphatic heterocycles. The van der Waals surface area contributed by atoms with E-state index in [0.29, 0.717) is 11.7 Å². The Kier molecular flexibility index (Phi) is 4.74. The number of aromatic amines is 1. The lowest BCUT2D eigenvalue weighted by atomic mass is 10.0. The van der Waals surface area contributed by atoms with Crippen LogP contribution in [0.3, 0.4) is 0 Å². The third-order valence-electron chi connectivity index (χ3n) is 5.46. The van der Waals surface area contributed by atoms with Gasteiger partial charge in [-0.3, -0.25) is 9.69 Å². The smallest absolute Gasteiger partial charge is 0.270 e. The summed E-state index contributed by atoms with van der Waals surface area (Å²) in [4.78, 5) is 22.7. The molecular weight excluding hydrogens is 312 g/mol. The first kappa shape index (κ1) is 16.2. The average molecular weight is 338 g/mol. The van der Waals surface area contributed by atoms with Crippen molar-refractivity contribution in [2.75, 3.05) is 44.2 Å². The maximum atomic E-state index is 12.6. The molecule has 1 atom stereocenters. The topological polar surface area (TPSA) is 42.6 Å². The number of amides is 1. The average Bonchev–Trinajstić information content (AvgIpc) is 3.23. The maximum absolute atomic E-state index is 12.6. The second-order valence-corrected chi connectivity index (χ2v) is 6.99.